The number of halogens is 3. The van der Waals surface area contributed by atoms with Gasteiger partial charge in [-0.25, -0.2) is 13.2 Å². The van der Waals surface area contributed by atoms with Gasteiger partial charge in [-0.1, -0.05) is 13.8 Å². The molecule has 1 amide bonds. The summed E-state index contributed by atoms with van der Waals surface area (Å²) >= 11 is 0. The van der Waals surface area contributed by atoms with E-state index in [4.69, 9.17) is 4.74 Å². The quantitative estimate of drug-likeness (QED) is 0.558. The van der Waals surface area contributed by atoms with E-state index in [1.807, 2.05) is 20.8 Å². The molecule has 2 aromatic rings. The molecule has 0 aliphatic carbocycles. The fourth-order valence-electron chi connectivity index (χ4n) is 2.72. The molecule has 6 heteroatoms. The Bertz CT molecular complexity index is 873. The normalized spacial score (nSPS) is 13.3. The molecule has 0 fully saturated rings. The van der Waals surface area contributed by atoms with Crippen LogP contribution in [0.4, 0.5) is 13.2 Å². The molecule has 2 aromatic carbocycles. The third-order valence-electron chi connectivity index (χ3n) is 4.72. The maximum absolute atomic E-state index is 13.8. The average Bonchev–Trinajstić information content (AvgIpc) is 2.69. The Morgan fingerprint density at radius 1 is 1.10 bits per heavy atom. The molecular formula is C23H26F3NO2. The van der Waals surface area contributed by atoms with E-state index in [2.05, 4.69) is 5.32 Å². The lowest BCUT2D eigenvalue weighted by Crippen LogP contribution is -2.26. The van der Waals surface area contributed by atoms with E-state index < -0.39 is 29.4 Å². The first kappa shape index (κ1) is 22.5. The first-order valence-corrected chi connectivity index (χ1v) is 9.65. The highest BCUT2D eigenvalue weighted by Gasteiger charge is 2.16. The van der Waals surface area contributed by atoms with Crippen molar-refractivity contribution in [2.45, 2.75) is 52.7 Å². The molecule has 0 saturated carbocycles. The summed E-state index contributed by atoms with van der Waals surface area (Å²) < 4.78 is 47.0. The minimum Gasteiger partial charge on any atom is -0.490 e. The number of rotatable bonds is 8. The minimum absolute atomic E-state index is 0.0556. The number of hydrogen-bond donors (Lipinski definition) is 1. The molecule has 1 N–H and O–H groups in total. The highest BCUT2D eigenvalue weighted by atomic mass is 19.1. The number of benzene rings is 2. The SMILES string of the molecule is CCC(C)Oc1cc(F)ccc1/C=C/C(=O)N[C@H](CC)c1cc(F)c(C)c(F)c1. The summed E-state index contributed by atoms with van der Waals surface area (Å²) in [5, 5.41) is 2.74. The van der Waals surface area contributed by atoms with E-state index in [9.17, 15) is 18.0 Å². The highest BCUT2D eigenvalue weighted by Crippen LogP contribution is 2.24. The summed E-state index contributed by atoms with van der Waals surface area (Å²) in [7, 11) is 0. The molecule has 156 valence electrons. The molecule has 29 heavy (non-hydrogen) atoms. The van der Waals surface area contributed by atoms with Gasteiger partial charge in [-0.3, -0.25) is 4.79 Å². The first-order valence-electron chi connectivity index (χ1n) is 9.65. The Morgan fingerprint density at radius 3 is 2.34 bits per heavy atom. The van der Waals surface area contributed by atoms with Crippen LogP contribution in [0.5, 0.6) is 5.75 Å². The van der Waals surface area contributed by atoms with E-state index in [1.165, 1.54) is 49.4 Å². The first-order chi connectivity index (χ1) is 13.7. The van der Waals surface area contributed by atoms with Crippen molar-refractivity contribution in [1.29, 1.82) is 0 Å². The van der Waals surface area contributed by atoms with Gasteiger partial charge in [0.05, 0.1) is 12.1 Å². The summed E-state index contributed by atoms with van der Waals surface area (Å²) in [5.74, 6) is -1.82. The van der Waals surface area contributed by atoms with Crippen molar-refractivity contribution in [3.05, 3.63) is 70.5 Å². The molecule has 0 aromatic heterocycles. The molecule has 2 rings (SSSR count). The van der Waals surface area contributed by atoms with Crippen molar-refractivity contribution in [2.75, 3.05) is 0 Å². The summed E-state index contributed by atoms with van der Waals surface area (Å²) in [5.41, 5.74) is 0.861. The van der Waals surface area contributed by atoms with Gasteiger partial charge >= 0.3 is 0 Å². The van der Waals surface area contributed by atoms with Gasteiger partial charge in [0.2, 0.25) is 5.91 Å². The predicted octanol–water partition coefficient (Wildman–Crippen LogP) is 5.87. The van der Waals surface area contributed by atoms with Crippen molar-refractivity contribution < 1.29 is 22.7 Å². The van der Waals surface area contributed by atoms with Gasteiger partial charge in [-0.2, -0.15) is 0 Å². The summed E-state index contributed by atoms with van der Waals surface area (Å²) in [6, 6.07) is 6.01. The molecule has 2 atom stereocenters. The lowest BCUT2D eigenvalue weighted by atomic mass is 10.0. The van der Waals surface area contributed by atoms with Crippen LogP contribution in [-0.4, -0.2) is 12.0 Å². The summed E-state index contributed by atoms with van der Waals surface area (Å²) in [6.45, 7) is 6.99. The van der Waals surface area contributed by atoms with Crippen molar-refractivity contribution in [3.8, 4) is 5.75 Å². The van der Waals surface area contributed by atoms with Gasteiger partial charge in [-0.15, -0.1) is 0 Å². The maximum Gasteiger partial charge on any atom is 0.244 e. The lowest BCUT2D eigenvalue weighted by molar-refractivity contribution is -0.117. The zero-order valence-electron chi connectivity index (χ0n) is 17.1. The van der Waals surface area contributed by atoms with Gasteiger partial charge < -0.3 is 10.1 Å². The van der Waals surface area contributed by atoms with Crippen LogP contribution in [0.1, 0.15) is 56.3 Å². The molecule has 0 aliphatic heterocycles. The summed E-state index contributed by atoms with van der Waals surface area (Å²) in [4.78, 5) is 12.4. The van der Waals surface area contributed by atoms with E-state index in [0.717, 1.165) is 6.42 Å². The topological polar surface area (TPSA) is 38.3 Å². The van der Waals surface area contributed by atoms with Gasteiger partial charge in [-0.05, 0) is 62.6 Å². The third kappa shape index (κ3) is 6.11. The minimum atomic E-state index is -0.651. The fraction of sp³-hybridized carbons (Fsp3) is 0.348. The fourth-order valence-corrected chi connectivity index (χ4v) is 2.72. The van der Waals surface area contributed by atoms with Crippen molar-refractivity contribution >= 4 is 12.0 Å². The van der Waals surface area contributed by atoms with E-state index >= 15 is 0 Å². The standard InChI is InChI=1S/C23H26F3NO2/c1-5-14(3)29-22-13-18(24)9-7-16(22)8-10-23(28)27-21(6-2)17-11-19(25)15(4)20(26)12-17/h7-14,21H,5-6H2,1-4H3,(H,27,28)/b10-8+/t14?,21-/m1/s1. The van der Waals surface area contributed by atoms with Crippen LogP contribution in [0.2, 0.25) is 0 Å². The van der Waals surface area contributed by atoms with Crippen LogP contribution < -0.4 is 10.1 Å². The van der Waals surface area contributed by atoms with Gasteiger partial charge in [0.15, 0.2) is 0 Å². The van der Waals surface area contributed by atoms with Crippen molar-refractivity contribution in [1.82, 2.24) is 5.32 Å². The number of amides is 1. The molecule has 0 radical (unpaired) electrons. The van der Waals surface area contributed by atoms with Gasteiger partial charge in [0.25, 0.3) is 0 Å². The third-order valence-corrected chi connectivity index (χ3v) is 4.72. The average molecular weight is 405 g/mol. The second-order valence-corrected chi connectivity index (χ2v) is 6.93. The van der Waals surface area contributed by atoms with Crippen molar-refractivity contribution in [3.63, 3.8) is 0 Å². The number of nitrogens with one attached hydrogen (secondary N) is 1. The van der Waals surface area contributed by atoms with Crippen LogP contribution >= 0.6 is 0 Å². The molecule has 0 spiro atoms. The maximum atomic E-state index is 13.8. The Hall–Kier alpha value is -2.76. The second-order valence-electron chi connectivity index (χ2n) is 6.93. The zero-order chi connectivity index (χ0) is 21.6. The van der Waals surface area contributed by atoms with Crippen LogP contribution in [0.15, 0.2) is 36.4 Å². The van der Waals surface area contributed by atoms with Crippen LogP contribution in [0.25, 0.3) is 6.08 Å². The predicted molar refractivity (Wildman–Crippen MR) is 108 cm³/mol. The largest absolute Gasteiger partial charge is 0.490 e. The van der Waals surface area contributed by atoms with Crippen LogP contribution in [0.3, 0.4) is 0 Å². The second kappa shape index (κ2) is 10.1. The molecule has 0 aliphatic rings. The number of carbonyl (C=O) groups is 1. The molecule has 3 nitrogen and oxygen atoms in total. The Balaban J connectivity index is 2.16. The van der Waals surface area contributed by atoms with Gasteiger partial charge in [0, 0.05) is 23.3 Å². The Labute approximate surface area is 169 Å². The monoisotopic (exact) mass is 405 g/mol. The lowest BCUT2D eigenvalue weighted by Gasteiger charge is -2.17. The molecule has 0 heterocycles. The summed E-state index contributed by atoms with van der Waals surface area (Å²) in [6.07, 6.45) is 3.92. The molecular weight excluding hydrogens is 379 g/mol. The van der Waals surface area contributed by atoms with E-state index in [1.54, 1.807) is 0 Å². The number of carbonyl (C=O) groups excluding carboxylic acids is 1. The number of hydrogen-bond acceptors (Lipinski definition) is 2. The molecule has 1 unspecified atom stereocenters. The van der Waals surface area contributed by atoms with E-state index in [0.29, 0.717) is 23.3 Å². The van der Waals surface area contributed by atoms with Crippen LogP contribution in [0, 0.1) is 24.4 Å². The Morgan fingerprint density at radius 2 is 1.76 bits per heavy atom. The smallest absolute Gasteiger partial charge is 0.244 e. The van der Waals surface area contributed by atoms with Crippen LogP contribution in [-0.2, 0) is 4.79 Å². The number of ether oxygens (including phenoxy) is 1. The molecule has 0 bridgehead atoms. The van der Waals surface area contributed by atoms with Gasteiger partial charge in [0.1, 0.15) is 23.2 Å². The highest BCUT2D eigenvalue weighted by molar-refractivity contribution is 5.92. The van der Waals surface area contributed by atoms with E-state index in [-0.39, 0.29) is 11.7 Å². The zero-order valence-corrected chi connectivity index (χ0v) is 17.1. The van der Waals surface area contributed by atoms with Crippen molar-refractivity contribution in [2.24, 2.45) is 0 Å². The molecule has 0 saturated heterocycles. The Kier molecular flexibility index (Phi) is 7.88.